The van der Waals surface area contributed by atoms with E-state index in [4.69, 9.17) is 21.4 Å². The van der Waals surface area contributed by atoms with Gasteiger partial charge in [0, 0.05) is 6.07 Å². The first kappa shape index (κ1) is 12.2. The van der Waals surface area contributed by atoms with E-state index in [1.807, 2.05) is 0 Å². The molecule has 0 unspecified atom stereocenters. The van der Waals surface area contributed by atoms with Crippen molar-refractivity contribution in [1.29, 1.82) is 0 Å². The van der Waals surface area contributed by atoms with Gasteiger partial charge in [0.15, 0.2) is 0 Å². The van der Waals surface area contributed by atoms with Crippen LogP contribution in [-0.2, 0) is 0 Å². The molecule has 6 heteroatoms. The fourth-order valence-electron chi connectivity index (χ4n) is 1.36. The standard InChI is InChI=1S/C12H8ClNO4/c13-8-5-9(14(16)17)7-12(6-8)18-11-3-1-10(15)2-4-11/h1-7,15H. The van der Waals surface area contributed by atoms with Crippen molar-refractivity contribution < 1.29 is 14.8 Å². The van der Waals surface area contributed by atoms with Gasteiger partial charge in [-0.2, -0.15) is 0 Å². The highest BCUT2D eigenvalue weighted by Gasteiger charge is 2.10. The van der Waals surface area contributed by atoms with Gasteiger partial charge in [-0.3, -0.25) is 10.1 Å². The minimum Gasteiger partial charge on any atom is -0.508 e. The van der Waals surface area contributed by atoms with Crippen LogP contribution in [0, 0.1) is 10.1 Å². The van der Waals surface area contributed by atoms with Gasteiger partial charge in [0.05, 0.1) is 16.0 Å². The van der Waals surface area contributed by atoms with E-state index in [1.54, 1.807) is 12.1 Å². The Bertz CT molecular complexity index is 583. The maximum Gasteiger partial charge on any atom is 0.274 e. The number of halogens is 1. The second kappa shape index (κ2) is 4.93. The van der Waals surface area contributed by atoms with Gasteiger partial charge in [-0.15, -0.1) is 0 Å². The van der Waals surface area contributed by atoms with E-state index >= 15 is 0 Å². The summed E-state index contributed by atoms with van der Waals surface area (Å²) in [6.07, 6.45) is 0. The Morgan fingerprint density at radius 1 is 1.11 bits per heavy atom. The van der Waals surface area contributed by atoms with Crippen molar-refractivity contribution in [3.05, 3.63) is 57.6 Å². The molecule has 0 fully saturated rings. The molecule has 0 saturated heterocycles. The SMILES string of the molecule is O=[N+]([O-])c1cc(Cl)cc(Oc2ccc(O)cc2)c1. The molecule has 2 rings (SSSR count). The highest BCUT2D eigenvalue weighted by atomic mass is 35.5. The molecule has 0 amide bonds. The fourth-order valence-corrected chi connectivity index (χ4v) is 1.58. The van der Waals surface area contributed by atoms with Crippen LogP contribution in [0.4, 0.5) is 5.69 Å². The molecule has 0 heterocycles. The summed E-state index contributed by atoms with van der Waals surface area (Å²) >= 11 is 5.76. The third kappa shape index (κ3) is 2.89. The fraction of sp³-hybridized carbons (Fsp3) is 0. The zero-order valence-corrected chi connectivity index (χ0v) is 9.79. The van der Waals surface area contributed by atoms with Crippen molar-refractivity contribution in [1.82, 2.24) is 0 Å². The summed E-state index contributed by atoms with van der Waals surface area (Å²) in [5, 5.41) is 20.0. The van der Waals surface area contributed by atoms with Gasteiger partial charge in [-0.1, -0.05) is 11.6 Å². The molecule has 0 spiro atoms. The van der Waals surface area contributed by atoms with Crippen LogP contribution in [0.15, 0.2) is 42.5 Å². The quantitative estimate of drug-likeness (QED) is 0.678. The topological polar surface area (TPSA) is 72.6 Å². The molecule has 0 saturated carbocycles. The third-order valence-electron chi connectivity index (χ3n) is 2.14. The number of phenolic OH excluding ortho intramolecular Hbond substituents is 1. The maximum absolute atomic E-state index is 10.7. The summed E-state index contributed by atoms with van der Waals surface area (Å²) in [7, 11) is 0. The minimum atomic E-state index is -0.546. The highest BCUT2D eigenvalue weighted by Crippen LogP contribution is 2.29. The summed E-state index contributed by atoms with van der Waals surface area (Å²) < 4.78 is 5.40. The summed E-state index contributed by atoms with van der Waals surface area (Å²) in [4.78, 5) is 10.1. The molecule has 0 atom stereocenters. The predicted molar refractivity (Wildman–Crippen MR) is 66.3 cm³/mol. The Morgan fingerprint density at radius 3 is 2.39 bits per heavy atom. The lowest BCUT2D eigenvalue weighted by Crippen LogP contribution is -1.90. The summed E-state index contributed by atoms with van der Waals surface area (Å²) in [5.74, 6) is 0.823. The van der Waals surface area contributed by atoms with Gasteiger partial charge in [0.2, 0.25) is 0 Å². The predicted octanol–water partition coefficient (Wildman–Crippen LogP) is 3.75. The second-order valence-electron chi connectivity index (χ2n) is 3.50. The molecule has 2 aromatic carbocycles. The Labute approximate surface area is 107 Å². The number of rotatable bonds is 3. The first-order valence-corrected chi connectivity index (χ1v) is 5.34. The summed E-state index contributed by atoms with van der Waals surface area (Å²) in [6, 6.07) is 9.98. The second-order valence-corrected chi connectivity index (χ2v) is 3.93. The Hall–Kier alpha value is -2.27. The number of nitro benzene ring substituents is 1. The number of non-ortho nitro benzene ring substituents is 1. The van der Waals surface area contributed by atoms with Crippen molar-refractivity contribution in [2.75, 3.05) is 0 Å². The molecule has 0 radical (unpaired) electrons. The Balaban J connectivity index is 2.28. The maximum atomic E-state index is 10.7. The number of hydrogen-bond acceptors (Lipinski definition) is 4. The average Bonchev–Trinajstić information content (AvgIpc) is 2.31. The van der Waals surface area contributed by atoms with Gasteiger partial charge < -0.3 is 9.84 Å². The lowest BCUT2D eigenvalue weighted by Gasteiger charge is -2.06. The van der Waals surface area contributed by atoms with E-state index in [-0.39, 0.29) is 22.2 Å². The number of aromatic hydroxyl groups is 1. The highest BCUT2D eigenvalue weighted by molar-refractivity contribution is 6.30. The summed E-state index contributed by atoms with van der Waals surface area (Å²) in [6.45, 7) is 0. The molecule has 5 nitrogen and oxygen atoms in total. The first-order valence-electron chi connectivity index (χ1n) is 4.96. The van der Waals surface area contributed by atoms with E-state index in [0.717, 1.165) is 0 Å². The first-order chi connectivity index (χ1) is 8.54. The van der Waals surface area contributed by atoms with Crippen LogP contribution in [0.5, 0.6) is 17.2 Å². The largest absolute Gasteiger partial charge is 0.508 e. The zero-order valence-electron chi connectivity index (χ0n) is 9.04. The van der Waals surface area contributed by atoms with Crippen LogP contribution >= 0.6 is 11.6 Å². The molecular formula is C12H8ClNO4. The van der Waals surface area contributed by atoms with Crippen molar-refractivity contribution >= 4 is 17.3 Å². The van der Waals surface area contributed by atoms with Gasteiger partial charge in [-0.05, 0) is 30.3 Å². The van der Waals surface area contributed by atoms with E-state index in [2.05, 4.69) is 0 Å². The number of benzene rings is 2. The summed E-state index contributed by atoms with van der Waals surface area (Å²) in [5.41, 5.74) is -0.142. The molecule has 2 aromatic rings. The van der Waals surface area contributed by atoms with Crippen molar-refractivity contribution in [2.45, 2.75) is 0 Å². The molecule has 0 aromatic heterocycles. The van der Waals surface area contributed by atoms with E-state index in [1.165, 1.54) is 30.3 Å². The molecule has 0 bridgehead atoms. The number of nitrogens with zero attached hydrogens (tertiary/aromatic N) is 1. The lowest BCUT2D eigenvalue weighted by atomic mass is 10.3. The van der Waals surface area contributed by atoms with Crippen LogP contribution in [0.25, 0.3) is 0 Å². The molecule has 0 aliphatic rings. The third-order valence-corrected chi connectivity index (χ3v) is 2.36. The van der Waals surface area contributed by atoms with Crippen molar-refractivity contribution in [2.24, 2.45) is 0 Å². The zero-order chi connectivity index (χ0) is 13.1. The van der Waals surface area contributed by atoms with Crippen LogP contribution in [0.1, 0.15) is 0 Å². The molecular weight excluding hydrogens is 258 g/mol. The smallest absolute Gasteiger partial charge is 0.274 e. The van der Waals surface area contributed by atoms with Gasteiger partial charge >= 0.3 is 0 Å². The minimum absolute atomic E-state index is 0.111. The van der Waals surface area contributed by atoms with Gasteiger partial charge in [-0.25, -0.2) is 0 Å². The van der Waals surface area contributed by atoms with Crippen LogP contribution in [0.2, 0.25) is 5.02 Å². The Kier molecular flexibility index (Phi) is 3.34. The van der Waals surface area contributed by atoms with E-state index in [0.29, 0.717) is 5.75 Å². The van der Waals surface area contributed by atoms with Crippen molar-refractivity contribution in [3.8, 4) is 17.2 Å². The van der Waals surface area contributed by atoms with E-state index in [9.17, 15) is 10.1 Å². The number of hydrogen-bond donors (Lipinski definition) is 1. The average molecular weight is 266 g/mol. The Morgan fingerprint density at radius 2 is 1.78 bits per heavy atom. The van der Waals surface area contributed by atoms with Crippen molar-refractivity contribution in [3.63, 3.8) is 0 Å². The number of ether oxygens (including phenoxy) is 1. The molecule has 18 heavy (non-hydrogen) atoms. The monoisotopic (exact) mass is 265 g/mol. The number of phenols is 1. The molecule has 0 aliphatic heterocycles. The van der Waals surface area contributed by atoms with Crippen LogP contribution < -0.4 is 4.74 Å². The molecule has 1 N–H and O–H groups in total. The normalized spacial score (nSPS) is 10.1. The van der Waals surface area contributed by atoms with Crippen LogP contribution in [0.3, 0.4) is 0 Å². The van der Waals surface area contributed by atoms with Crippen LogP contribution in [-0.4, -0.2) is 10.0 Å². The molecule has 0 aliphatic carbocycles. The van der Waals surface area contributed by atoms with E-state index < -0.39 is 4.92 Å². The lowest BCUT2D eigenvalue weighted by molar-refractivity contribution is -0.384. The molecule has 92 valence electrons. The van der Waals surface area contributed by atoms with Gasteiger partial charge in [0.1, 0.15) is 17.2 Å². The number of nitro groups is 1. The van der Waals surface area contributed by atoms with Gasteiger partial charge in [0.25, 0.3) is 5.69 Å².